The Bertz CT molecular complexity index is 664. The first-order valence-corrected chi connectivity index (χ1v) is 10.0. The third kappa shape index (κ3) is 4.37. The number of hydrogen-bond acceptors (Lipinski definition) is 5. The van der Waals surface area contributed by atoms with Gasteiger partial charge in [0, 0.05) is 28.2 Å². The molecule has 0 amide bonds. The van der Waals surface area contributed by atoms with Crippen LogP contribution in [0.2, 0.25) is 0 Å². The average Bonchev–Trinajstić information content (AvgIpc) is 3.03. The largest absolute Gasteiger partial charge is 0.312 e. The van der Waals surface area contributed by atoms with Gasteiger partial charge < -0.3 is 5.32 Å². The van der Waals surface area contributed by atoms with Gasteiger partial charge in [-0.25, -0.2) is 13.1 Å². The summed E-state index contributed by atoms with van der Waals surface area (Å²) in [4.78, 5) is 2.33. The van der Waals surface area contributed by atoms with E-state index in [1.165, 1.54) is 22.7 Å². The maximum absolute atomic E-state index is 12.2. The highest BCUT2D eigenvalue weighted by Crippen LogP contribution is 2.23. The van der Waals surface area contributed by atoms with Crippen LogP contribution >= 0.6 is 38.6 Å². The van der Waals surface area contributed by atoms with E-state index < -0.39 is 10.0 Å². The average molecular weight is 395 g/mol. The van der Waals surface area contributed by atoms with E-state index in [4.69, 9.17) is 0 Å². The van der Waals surface area contributed by atoms with Crippen LogP contribution in [0.15, 0.2) is 32.3 Å². The van der Waals surface area contributed by atoms with Gasteiger partial charge in [-0.05, 0) is 40.7 Å². The SMILES string of the molecule is CCNCc1cc(S(=O)(=O)NCc2ccc(Br)s2)cs1. The van der Waals surface area contributed by atoms with E-state index in [0.717, 1.165) is 20.1 Å². The molecule has 110 valence electrons. The fourth-order valence-corrected chi connectivity index (χ4v) is 5.30. The Morgan fingerprint density at radius 2 is 2.05 bits per heavy atom. The predicted octanol–water partition coefficient (Wildman–Crippen LogP) is 3.16. The van der Waals surface area contributed by atoms with Crippen LogP contribution in [0.1, 0.15) is 16.7 Å². The third-order valence-electron chi connectivity index (χ3n) is 2.55. The summed E-state index contributed by atoms with van der Waals surface area (Å²) in [6.45, 7) is 3.91. The summed E-state index contributed by atoms with van der Waals surface area (Å²) in [5.41, 5.74) is 0. The van der Waals surface area contributed by atoms with Crippen molar-refractivity contribution in [3.63, 3.8) is 0 Å². The number of rotatable bonds is 7. The lowest BCUT2D eigenvalue weighted by Gasteiger charge is -2.03. The van der Waals surface area contributed by atoms with Crippen LogP contribution in [-0.2, 0) is 23.1 Å². The Balaban J connectivity index is 2.00. The molecule has 0 bridgehead atoms. The van der Waals surface area contributed by atoms with Crippen molar-refractivity contribution in [1.29, 1.82) is 0 Å². The first kappa shape index (κ1) is 16.1. The second-order valence-corrected chi connectivity index (χ2v) is 9.37. The molecule has 0 aromatic carbocycles. The molecule has 4 nitrogen and oxygen atoms in total. The van der Waals surface area contributed by atoms with Crippen LogP contribution in [-0.4, -0.2) is 15.0 Å². The van der Waals surface area contributed by atoms with Crippen LogP contribution in [0.5, 0.6) is 0 Å². The van der Waals surface area contributed by atoms with Gasteiger partial charge in [-0.2, -0.15) is 0 Å². The van der Waals surface area contributed by atoms with Gasteiger partial charge >= 0.3 is 0 Å². The minimum absolute atomic E-state index is 0.316. The Morgan fingerprint density at radius 1 is 1.25 bits per heavy atom. The molecule has 0 saturated carbocycles. The zero-order chi connectivity index (χ0) is 14.6. The number of nitrogens with one attached hydrogen (secondary N) is 2. The second kappa shape index (κ2) is 7.15. The van der Waals surface area contributed by atoms with E-state index in [0.29, 0.717) is 18.0 Å². The topological polar surface area (TPSA) is 58.2 Å². The maximum atomic E-state index is 12.2. The summed E-state index contributed by atoms with van der Waals surface area (Å²) in [5, 5.41) is 4.86. The molecule has 2 rings (SSSR count). The van der Waals surface area contributed by atoms with Gasteiger partial charge in [-0.1, -0.05) is 6.92 Å². The van der Waals surface area contributed by atoms with Crippen LogP contribution < -0.4 is 10.0 Å². The number of sulfonamides is 1. The zero-order valence-corrected chi connectivity index (χ0v) is 14.9. The van der Waals surface area contributed by atoms with Gasteiger partial charge in [-0.15, -0.1) is 22.7 Å². The maximum Gasteiger partial charge on any atom is 0.241 e. The Labute approximate surface area is 135 Å². The summed E-state index contributed by atoms with van der Waals surface area (Å²) < 4.78 is 28.0. The number of thiophene rings is 2. The normalized spacial score (nSPS) is 11.9. The highest BCUT2D eigenvalue weighted by molar-refractivity contribution is 9.11. The van der Waals surface area contributed by atoms with Crippen LogP contribution in [0.3, 0.4) is 0 Å². The molecule has 0 spiro atoms. The first-order chi connectivity index (χ1) is 9.51. The minimum Gasteiger partial charge on any atom is -0.312 e. The molecule has 0 aliphatic rings. The Morgan fingerprint density at radius 3 is 2.70 bits per heavy atom. The van der Waals surface area contributed by atoms with Gasteiger partial charge in [0.25, 0.3) is 0 Å². The summed E-state index contributed by atoms with van der Waals surface area (Å²) in [7, 11) is -3.43. The quantitative estimate of drug-likeness (QED) is 0.757. The van der Waals surface area contributed by atoms with Crippen LogP contribution in [0, 0.1) is 0 Å². The van der Waals surface area contributed by atoms with Crippen LogP contribution in [0.25, 0.3) is 0 Å². The summed E-state index contributed by atoms with van der Waals surface area (Å²) >= 11 is 6.34. The van der Waals surface area contributed by atoms with Crippen molar-refractivity contribution in [1.82, 2.24) is 10.0 Å². The predicted molar refractivity (Wildman–Crippen MR) is 87.7 cm³/mol. The minimum atomic E-state index is -3.43. The molecule has 2 aromatic rings. The Hall–Kier alpha value is -0.250. The summed E-state index contributed by atoms with van der Waals surface area (Å²) in [5.74, 6) is 0. The molecular weight excluding hydrogens is 380 g/mol. The van der Waals surface area contributed by atoms with Crippen molar-refractivity contribution in [3.05, 3.63) is 37.1 Å². The highest BCUT2D eigenvalue weighted by atomic mass is 79.9. The van der Waals surface area contributed by atoms with Gasteiger partial charge in [0.15, 0.2) is 0 Å². The molecule has 8 heteroatoms. The van der Waals surface area contributed by atoms with Gasteiger partial charge in [0.05, 0.1) is 8.68 Å². The molecule has 20 heavy (non-hydrogen) atoms. The molecule has 0 fully saturated rings. The molecule has 0 saturated heterocycles. The molecule has 2 heterocycles. The first-order valence-electron chi connectivity index (χ1n) is 6.03. The van der Waals surface area contributed by atoms with Crippen molar-refractivity contribution in [2.75, 3.05) is 6.54 Å². The van der Waals surface area contributed by atoms with E-state index in [1.54, 1.807) is 11.4 Å². The van der Waals surface area contributed by atoms with Crippen molar-refractivity contribution in [2.24, 2.45) is 0 Å². The zero-order valence-electron chi connectivity index (χ0n) is 10.8. The van der Waals surface area contributed by atoms with Crippen molar-refractivity contribution >= 4 is 48.6 Å². The van der Waals surface area contributed by atoms with Crippen LogP contribution in [0.4, 0.5) is 0 Å². The number of hydrogen-bond donors (Lipinski definition) is 2. The summed E-state index contributed by atoms with van der Waals surface area (Å²) in [6, 6.07) is 5.54. The molecular formula is C12H15BrN2O2S3. The van der Waals surface area contributed by atoms with Gasteiger partial charge in [-0.3, -0.25) is 0 Å². The fraction of sp³-hybridized carbons (Fsp3) is 0.333. The molecule has 0 aliphatic heterocycles. The highest BCUT2D eigenvalue weighted by Gasteiger charge is 2.16. The lowest BCUT2D eigenvalue weighted by molar-refractivity contribution is 0.582. The van der Waals surface area contributed by atoms with Gasteiger partial charge in [0.1, 0.15) is 0 Å². The molecule has 0 unspecified atom stereocenters. The third-order valence-corrected chi connectivity index (χ3v) is 6.64. The smallest absolute Gasteiger partial charge is 0.241 e. The fourth-order valence-electron chi connectivity index (χ4n) is 1.54. The van der Waals surface area contributed by atoms with Crippen molar-refractivity contribution < 1.29 is 8.42 Å². The van der Waals surface area contributed by atoms with Crippen molar-refractivity contribution in [3.8, 4) is 0 Å². The van der Waals surface area contributed by atoms with Gasteiger partial charge in [0.2, 0.25) is 10.0 Å². The van der Waals surface area contributed by atoms with E-state index in [-0.39, 0.29) is 0 Å². The van der Waals surface area contributed by atoms with Crippen molar-refractivity contribution in [2.45, 2.75) is 24.9 Å². The lowest BCUT2D eigenvalue weighted by Crippen LogP contribution is -2.22. The van der Waals surface area contributed by atoms with E-state index >= 15 is 0 Å². The molecule has 2 N–H and O–H groups in total. The molecule has 0 radical (unpaired) electrons. The van der Waals surface area contributed by atoms with E-state index in [9.17, 15) is 8.42 Å². The summed E-state index contributed by atoms with van der Waals surface area (Å²) in [6.07, 6.45) is 0. The monoisotopic (exact) mass is 394 g/mol. The molecule has 0 aliphatic carbocycles. The lowest BCUT2D eigenvalue weighted by atomic mass is 10.4. The standard InChI is InChI=1S/C12H15BrN2O2S3/c1-2-14-6-10-5-11(8-18-10)20(16,17)15-7-9-3-4-12(13)19-9/h3-5,8,14-15H,2,6-7H2,1H3. The van der Waals surface area contributed by atoms with E-state index in [2.05, 4.69) is 26.0 Å². The van der Waals surface area contributed by atoms with E-state index in [1.807, 2.05) is 19.1 Å². The molecule has 2 aromatic heterocycles. The Kier molecular flexibility index (Phi) is 5.76. The number of halogens is 1. The molecule has 0 atom stereocenters. The second-order valence-electron chi connectivity index (χ2n) is 4.06.